The van der Waals surface area contributed by atoms with Gasteiger partial charge in [0.2, 0.25) is 0 Å². The molecule has 0 aliphatic heterocycles. The van der Waals surface area contributed by atoms with E-state index in [1.54, 1.807) is 6.07 Å². The topological polar surface area (TPSA) is 46.2 Å². The number of hydrogen-bond acceptors (Lipinski definition) is 2. The Kier molecular flexibility index (Phi) is 3.67. The Morgan fingerprint density at radius 1 is 1.00 bits per heavy atom. The van der Waals surface area contributed by atoms with Gasteiger partial charge >= 0.3 is 0 Å². The maximum atomic E-state index is 9.68. The number of phenolic OH excluding ortho intramolecular Hbond substituents is 1. The third kappa shape index (κ3) is 2.78. The molecule has 2 aromatic carbocycles. The molecule has 3 heteroatoms. The molecule has 0 aliphatic rings. The van der Waals surface area contributed by atoms with Crippen LogP contribution in [0.15, 0.2) is 42.5 Å². The average molecular weight is 248 g/mol. The molecule has 2 nitrogen and oxygen atoms in total. The van der Waals surface area contributed by atoms with Gasteiger partial charge < -0.3 is 10.8 Å². The van der Waals surface area contributed by atoms with Crippen molar-refractivity contribution >= 4 is 11.6 Å². The summed E-state index contributed by atoms with van der Waals surface area (Å²) >= 11 is 5.85. The van der Waals surface area contributed by atoms with E-state index in [4.69, 9.17) is 17.3 Å². The summed E-state index contributed by atoms with van der Waals surface area (Å²) in [4.78, 5) is 0. The molecule has 0 bridgehead atoms. The predicted molar refractivity (Wildman–Crippen MR) is 71.3 cm³/mol. The standard InChI is InChI=1S/C14H14ClNO/c15-13-4-1-10(2-5-13)11-3-6-14(17)12(9-11)7-8-16/h1-6,9,17H,7-8,16H2. The summed E-state index contributed by atoms with van der Waals surface area (Å²) in [6, 6.07) is 13.2. The molecule has 0 fully saturated rings. The van der Waals surface area contributed by atoms with Crippen molar-refractivity contribution in [2.45, 2.75) is 6.42 Å². The molecule has 0 spiro atoms. The summed E-state index contributed by atoms with van der Waals surface area (Å²) in [5.41, 5.74) is 8.52. The minimum absolute atomic E-state index is 0.299. The van der Waals surface area contributed by atoms with Crippen LogP contribution >= 0.6 is 11.6 Å². The number of hydrogen-bond donors (Lipinski definition) is 2. The largest absolute Gasteiger partial charge is 0.508 e. The number of nitrogens with two attached hydrogens (primary N) is 1. The molecule has 0 heterocycles. The van der Waals surface area contributed by atoms with Gasteiger partial charge in [-0.1, -0.05) is 29.8 Å². The number of phenols is 1. The maximum Gasteiger partial charge on any atom is 0.118 e. The van der Waals surface area contributed by atoms with E-state index in [9.17, 15) is 5.11 Å². The van der Waals surface area contributed by atoms with Gasteiger partial charge in [-0.3, -0.25) is 0 Å². The zero-order valence-corrected chi connectivity index (χ0v) is 10.1. The highest BCUT2D eigenvalue weighted by Gasteiger charge is 2.04. The van der Waals surface area contributed by atoms with E-state index in [1.807, 2.05) is 36.4 Å². The Hall–Kier alpha value is -1.51. The molecule has 0 radical (unpaired) electrons. The molecule has 17 heavy (non-hydrogen) atoms. The van der Waals surface area contributed by atoms with Crippen molar-refractivity contribution < 1.29 is 5.11 Å². The van der Waals surface area contributed by atoms with E-state index < -0.39 is 0 Å². The molecule has 0 saturated heterocycles. The van der Waals surface area contributed by atoms with Gasteiger partial charge in [0.15, 0.2) is 0 Å². The van der Waals surface area contributed by atoms with Crippen LogP contribution in [0.1, 0.15) is 5.56 Å². The molecule has 2 aromatic rings. The van der Waals surface area contributed by atoms with Gasteiger partial charge in [-0.05, 0) is 53.9 Å². The third-order valence-corrected chi connectivity index (χ3v) is 2.92. The molecule has 88 valence electrons. The molecule has 0 atom stereocenters. The van der Waals surface area contributed by atoms with Gasteiger partial charge in [0.1, 0.15) is 5.75 Å². The van der Waals surface area contributed by atoms with Crippen LogP contribution in [-0.2, 0) is 6.42 Å². The van der Waals surface area contributed by atoms with E-state index in [0.29, 0.717) is 18.7 Å². The first-order valence-corrected chi connectivity index (χ1v) is 5.86. The fraction of sp³-hybridized carbons (Fsp3) is 0.143. The quantitative estimate of drug-likeness (QED) is 0.875. The normalized spacial score (nSPS) is 10.5. The third-order valence-electron chi connectivity index (χ3n) is 2.67. The van der Waals surface area contributed by atoms with Crippen LogP contribution in [0.2, 0.25) is 5.02 Å². The maximum absolute atomic E-state index is 9.68. The van der Waals surface area contributed by atoms with Crippen molar-refractivity contribution in [1.29, 1.82) is 0 Å². The van der Waals surface area contributed by atoms with E-state index in [-0.39, 0.29) is 0 Å². The molecular weight excluding hydrogens is 234 g/mol. The number of halogens is 1. The van der Waals surface area contributed by atoms with E-state index in [0.717, 1.165) is 21.7 Å². The van der Waals surface area contributed by atoms with Crippen LogP contribution in [0.3, 0.4) is 0 Å². The molecule has 0 saturated carbocycles. The van der Waals surface area contributed by atoms with Gasteiger partial charge in [0.25, 0.3) is 0 Å². The highest BCUT2D eigenvalue weighted by Crippen LogP contribution is 2.27. The van der Waals surface area contributed by atoms with Crippen LogP contribution < -0.4 is 5.73 Å². The Labute approximate surface area is 106 Å². The molecule has 3 N–H and O–H groups in total. The van der Waals surface area contributed by atoms with Crippen molar-refractivity contribution in [2.24, 2.45) is 5.73 Å². The minimum atomic E-state index is 0.299. The molecule has 0 aromatic heterocycles. The fourth-order valence-corrected chi connectivity index (χ4v) is 1.89. The summed E-state index contributed by atoms with van der Waals surface area (Å²) in [6.07, 6.45) is 0.674. The Morgan fingerprint density at radius 3 is 2.29 bits per heavy atom. The summed E-state index contributed by atoms with van der Waals surface area (Å²) in [5.74, 6) is 0.299. The first-order chi connectivity index (χ1) is 8.20. The highest BCUT2D eigenvalue weighted by molar-refractivity contribution is 6.30. The van der Waals surface area contributed by atoms with Crippen molar-refractivity contribution in [1.82, 2.24) is 0 Å². The number of aromatic hydroxyl groups is 1. The van der Waals surface area contributed by atoms with Crippen molar-refractivity contribution in [3.8, 4) is 16.9 Å². The van der Waals surface area contributed by atoms with Crippen LogP contribution in [0, 0.1) is 0 Å². The monoisotopic (exact) mass is 247 g/mol. The van der Waals surface area contributed by atoms with Crippen LogP contribution in [0.5, 0.6) is 5.75 Å². The fourth-order valence-electron chi connectivity index (χ4n) is 1.76. The molecule has 0 unspecified atom stereocenters. The van der Waals surface area contributed by atoms with E-state index in [1.165, 1.54) is 0 Å². The lowest BCUT2D eigenvalue weighted by molar-refractivity contribution is 0.468. The Balaban J connectivity index is 2.39. The smallest absolute Gasteiger partial charge is 0.118 e. The number of rotatable bonds is 3. The summed E-state index contributed by atoms with van der Waals surface area (Å²) in [5, 5.41) is 10.4. The van der Waals surface area contributed by atoms with Crippen LogP contribution in [0.25, 0.3) is 11.1 Å². The zero-order valence-electron chi connectivity index (χ0n) is 9.36. The summed E-state index contributed by atoms with van der Waals surface area (Å²) in [7, 11) is 0. The van der Waals surface area contributed by atoms with Gasteiger partial charge in [-0.2, -0.15) is 0 Å². The lowest BCUT2D eigenvalue weighted by atomic mass is 10.0. The van der Waals surface area contributed by atoms with Crippen molar-refractivity contribution in [3.05, 3.63) is 53.1 Å². The van der Waals surface area contributed by atoms with Gasteiger partial charge in [0, 0.05) is 5.02 Å². The second kappa shape index (κ2) is 5.21. The van der Waals surface area contributed by atoms with E-state index in [2.05, 4.69) is 0 Å². The molecule has 0 aliphatic carbocycles. The van der Waals surface area contributed by atoms with Gasteiger partial charge in [-0.25, -0.2) is 0 Å². The van der Waals surface area contributed by atoms with Gasteiger partial charge in [-0.15, -0.1) is 0 Å². The summed E-state index contributed by atoms with van der Waals surface area (Å²) in [6.45, 7) is 0.525. The van der Waals surface area contributed by atoms with Crippen molar-refractivity contribution in [2.75, 3.05) is 6.54 Å². The molecule has 2 rings (SSSR count). The first kappa shape index (κ1) is 12.0. The SMILES string of the molecule is NCCc1cc(-c2ccc(Cl)cc2)ccc1O. The molecule has 0 amide bonds. The average Bonchev–Trinajstić information content (AvgIpc) is 2.33. The van der Waals surface area contributed by atoms with E-state index >= 15 is 0 Å². The minimum Gasteiger partial charge on any atom is -0.508 e. The Bertz CT molecular complexity index is 508. The predicted octanol–water partition coefficient (Wildman–Crippen LogP) is 3.21. The lowest BCUT2D eigenvalue weighted by Gasteiger charge is -2.07. The van der Waals surface area contributed by atoms with Crippen molar-refractivity contribution in [3.63, 3.8) is 0 Å². The van der Waals surface area contributed by atoms with Crippen LogP contribution in [0.4, 0.5) is 0 Å². The second-order valence-electron chi connectivity index (χ2n) is 3.89. The number of benzene rings is 2. The second-order valence-corrected chi connectivity index (χ2v) is 4.33. The first-order valence-electron chi connectivity index (χ1n) is 5.48. The highest BCUT2D eigenvalue weighted by atomic mass is 35.5. The summed E-state index contributed by atoms with van der Waals surface area (Å²) < 4.78 is 0. The zero-order chi connectivity index (χ0) is 12.3. The van der Waals surface area contributed by atoms with Gasteiger partial charge in [0.05, 0.1) is 0 Å². The van der Waals surface area contributed by atoms with Crippen LogP contribution in [-0.4, -0.2) is 11.7 Å². The lowest BCUT2D eigenvalue weighted by Crippen LogP contribution is -2.02. The Morgan fingerprint density at radius 2 is 1.65 bits per heavy atom. The molecular formula is C14H14ClNO.